The molecular formula is C12H22N2O2. The summed E-state index contributed by atoms with van der Waals surface area (Å²) < 4.78 is 0. The minimum Gasteiger partial charge on any atom is -0.481 e. The van der Waals surface area contributed by atoms with E-state index >= 15 is 0 Å². The first-order valence-corrected chi connectivity index (χ1v) is 6.28. The van der Waals surface area contributed by atoms with Crippen LogP contribution in [0.3, 0.4) is 0 Å². The molecule has 16 heavy (non-hydrogen) atoms. The van der Waals surface area contributed by atoms with Crippen molar-refractivity contribution in [2.24, 2.45) is 5.41 Å². The van der Waals surface area contributed by atoms with Crippen LogP contribution in [0.5, 0.6) is 0 Å². The number of likely N-dealkylation sites (tertiary alicyclic amines) is 1. The van der Waals surface area contributed by atoms with Gasteiger partial charge in [0.15, 0.2) is 0 Å². The lowest BCUT2D eigenvalue weighted by molar-refractivity contribution is -0.154. The van der Waals surface area contributed by atoms with E-state index in [1.54, 1.807) is 0 Å². The van der Waals surface area contributed by atoms with Crippen LogP contribution in [0.25, 0.3) is 0 Å². The molecule has 1 saturated heterocycles. The molecule has 0 aromatic carbocycles. The highest BCUT2D eigenvalue weighted by atomic mass is 16.4. The Balaban J connectivity index is 1.76. The summed E-state index contributed by atoms with van der Waals surface area (Å²) in [7, 11) is 2.14. The van der Waals surface area contributed by atoms with Crippen molar-refractivity contribution >= 4 is 5.97 Å². The van der Waals surface area contributed by atoms with E-state index in [1.807, 2.05) is 0 Å². The highest BCUT2D eigenvalue weighted by molar-refractivity contribution is 5.76. The maximum absolute atomic E-state index is 11.2. The first-order chi connectivity index (χ1) is 7.62. The van der Waals surface area contributed by atoms with Gasteiger partial charge in [0.05, 0.1) is 5.41 Å². The molecule has 0 aromatic rings. The zero-order valence-corrected chi connectivity index (χ0v) is 10.0. The van der Waals surface area contributed by atoms with Crippen molar-refractivity contribution in [2.45, 2.75) is 38.1 Å². The SMILES string of the molecule is CN1CCC(NCC2(C(=O)O)CCC2)CC1. The Morgan fingerprint density at radius 2 is 2.06 bits per heavy atom. The molecule has 1 heterocycles. The number of hydrogen-bond acceptors (Lipinski definition) is 3. The fourth-order valence-electron chi connectivity index (χ4n) is 2.62. The van der Waals surface area contributed by atoms with Crippen LogP contribution in [0.2, 0.25) is 0 Å². The van der Waals surface area contributed by atoms with Crippen molar-refractivity contribution in [1.29, 1.82) is 0 Å². The van der Waals surface area contributed by atoms with Crippen molar-refractivity contribution < 1.29 is 9.90 Å². The molecule has 0 unspecified atom stereocenters. The van der Waals surface area contributed by atoms with E-state index in [4.69, 9.17) is 0 Å². The molecule has 2 rings (SSSR count). The van der Waals surface area contributed by atoms with Crippen molar-refractivity contribution in [3.05, 3.63) is 0 Å². The number of carboxylic acids is 1. The van der Waals surface area contributed by atoms with Crippen LogP contribution in [-0.4, -0.2) is 48.7 Å². The van der Waals surface area contributed by atoms with Crippen LogP contribution in [0.15, 0.2) is 0 Å². The van der Waals surface area contributed by atoms with Gasteiger partial charge in [-0.2, -0.15) is 0 Å². The maximum atomic E-state index is 11.2. The molecule has 2 N–H and O–H groups in total. The Morgan fingerprint density at radius 3 is 2.50 bits per heavy atom. The first-order valence-electron chi connectivity index (χ1n) is 6.28. The maximum Gasteiger partial charge on any atom is 0.310 e. The highest BCUT2D eigenvalue weighted by Crippen LogP contribution is 2.40. The van der Waals surface area contributed by atoms with Crippen molar-refractivity contribution in [1.82, 2.24) is 10.2 Å². The molecule has 0 radical (unpaired) electrons. The quantitative estimate of drug-likeness (QED) is 0.748. The van der Waals surface area contributed by atoms with Crippen molar-refractivity contribution in [3.8, 4) is 0 Å². The van der Waals surface area contributed by atoms with Gasteiger partial charge in [-0.05, 0) is 45.8 Å². The summed E-state index contributed by atoms with van der Waals surface area (Å²) >= 11 is 0. The molecule has 92 valence electrons. The molecule has 0 spiro atoms. The number of hydrogen-bond donors (Lipinski definition) is 2. The van der Waals surface area contributed by atoms with Crippen molar-refractivity contribution in [3.63, 3.8) is 0 Å². The van der Waals surface area contributed by atoms with Crippen LogP contribution in [0.1, 0.15) is 32.1 Å². The standard InChI is InChI=1S/C12H22N2O2/c1-14-7-3-10(4-8-14)13-9-12(11(15)16)5-2-6-12/h10,13H,2-9H2,1H3,(H,15,16). The minimum absolute atomic E-state index is 0.441. The van der Waals surface area contributed by atoms with Gasteiger partial charge < -0.3 is 15.3 Å². The summed E-state index contributed by atoms with van der Waals surface area (Å²) in [6.07, 6.45) is 5.06. The van der Waals surface area contributed by atoms with E-state index in [9.17, 15) is 9.90 Å². The van der Waals surface area contributed by atoms with Crippen LogP contribution in [0.4, 0.5) is 0 Å². The van der Waals surface area contributed by atoms with Crippen LogP contribution in [-0.2, 0) is 4.79 Å². The topological polar surface area (TPSA) is 52.6 Å². The van der Waals surface area contributed by atoms with Gasteiger partial charge in [0.2, 0.25) is 0 Å². The largest absolute Gasteiger partial charge is 0.481 e. The molecule has 2 aliphatic rings. The normalized spacial score (nSPS) is 26.3. The third-order valence-corrected chi connectivity index (χ3v) is 4.21. The van der Waals surface area contributed by atoms with E-state index < -0.39 is 11.4 Å². The number of nitrogens with one attached hydrogen (secondary N) is 1. The molecule has 0 amide bonds. The lowest BCUT2D eigenvalue weighted by Crippen LogP contribution is -2.50. The number of carbonyl (C=O) groups is 1. The second kappa shape index (κ2) is 4.72. The minimum atomic E-state index is -0.612. The molecule has 4 nitrogen and oxygen atoms in total. The lowest BCUT2D eigenvalue weighted by atomic mass is 9.68. The Bertz CT molecular complexity index is 256. The van der Waals surface area contributed by atoms with Crippen LogP contribution in [0, 0.1) is 5.41 Å². The molecule has 1 aliphatic carbocycles. The third kappa shape index (κ3) is 2.38. The number of carboxylic acid groups (broad SMARTS) is 1. The molecule has 1 aliphatic heterocycles. The van der Waals surface area contributed by atoms with Gasteiger partial charge in [-0.3, -0.25) is 4.79 Å². The molecule has 0 bridgehead atoms. The van der Waals surface area contributed by atoms with Gasteiger partial charge in [0.25, 0.3) is 0 Å². The average Bonchev–Trinajstić information content (AvgIpc) is 2.18. The van der Waals surface area contributed by atoms with E-state index in [0.29, 0.717) is 12.6 Å². The summed E-state index contributed by atoms with van der Waals surface area (Å²) in [5.74, 6) is -0.612. The average molecular weight is 226 g/mol. The Labute approximate surface area is 97.0 Å². The van der Waals surface area contributed by atoms with Crippen LogP contribution < -0.4 is 5.32 Å². The number of aliphatic carboxylic acids is 1. The Hall–Kier alpha value is -0.610. The Kier molecular flexibility index (Phi) is 3.50. The molecular weight excluding hydrogens is 204 g/mol. The summed E-state index contributed by atoms with van der Waals surface area (Å²) in [5, 5.41) is 12.7. The van der Waals surface area contributed by atoms with E-state index in [2.05, 4.69) is 17.3 Å². The third-order valence-electron chi connectivity index (χ3n) is 4.21. The first kappa shape index (κ1) is 11.9. The van der Waals surface area contributed by atoms with E-state index in [-0.39, 0.29) is 0 Å². The fraction of sp³-hybridized carbons (Fsp3) is 0.917. The summed E-state index contributed by atoms with van der Waals surface area (Å²) in [6.45, 7) is 2.91. The van der Waals surface area contributed by atoms with E-state index in [1.165, 1.54) is 0 Å². The number of nitrogens with zero attached hydrogens (tertiary/aromatic N) is 1. The number of piperidine rings is 1. The van der Waals surface area contributed by atoms with Gasteiger partial charge in [-0.1, -0.05) is 6.42 Å². The summed E-state index contributed by atoms with van der Waals surface area (Å²) in [6, 6.07) is 0.521. The van der Waals surface area contributed by atoms with Gasteiger partial charge in [0, 0.05) is 12.6 Å². The van der Waals surface area contributed by atoms with Gasteiger partial charge in [-0.25, -0.2) is 0 Å². The van der Waals surface area contributed by atoms with E-state index in [0.717, 1.165) is 45.2 Å². The molecule has 4 heteroatoms. The molecule has 2 fully saturated rings. The van der Waals surface area contributed by atoms with Crippen LogP contribution >= 0.6 is 0 Å². The highest BCUT2D eigenvalue weighted by Gasteiger charge is 2.44. The zero-order chi connectivity index (χ0) is 11.6. The predicted molar refractivity (Wildman–Crippen MR) is 62.4 cm³/mol. The monoisotopic (exact) mass is 226 g/mol. The molecule has 0 aromatic heterocycles. The second-order valence-corrected chi connectivity index (χ2v) is 5.40. The fourth-order valence-corrected chi connectivity index (χ4v) is 2.62. The predicted octanol–water partition coefficient (Wildman–Crippen LogP) is 0.925. The Morgan fingerprint density at radius 1 is 1.44 bits per heavy atom. The van der Waals surface area contributed by atoms with Gasteiger partial charge in [-0.15, -0.1) is 0 Å². The van der Waals surface area contributed by atoms with Gasteiger partial charge in [0.1, 0.15) is 0 Å². The molecule has 1 saturated carbocycles. The second-order valence-electron chi connectivity index (χ2n) is 5.40. The number of rotatable bonds is 4. The summed E-state index contributed by atoms with van der Waals surface area (Å²) in [5.41, 5.74) is -0.441. The lowest BCUT2D eigenvalue weighted by Gasteiger charge is -2.40. The molecule has 0 atom stereocenters. The van der Waals surface area contributed by atoms with Gasteiger partial charge >= 0.3 is 5.97 Å². The smallest absolute Gasteiger partial charge is 0.310 e. The zero-order valence-electron chi connectivity index (χ0n) is 10.0. The summed E-state index contributed by atoms with van der Waals surface area (Å²) in [4.78, 5) is 13.5. The van der Waals surface area contributed by atoms with Crippen molar-refractivity contribution in [2.75, 3.05) is 26.7 Å².